The molecule has 1 saturated heterocycles. The summed E-state index contributed by atoms with van der Waals surface area (Å²) in [4.78, 5) is 22.1. The molecule has 0 bridgehead atoms. The number of ether oxygens (including phenoxy) is 3. The number of aliphatic hydroxyl groups is 2. The predicted molar refractivity (Wildman–Crippen MR) is 117 cm³/mol. The third-order valence-corrected chi connectivity index (χ3v) is 5.32. The zero-order chi connectivity index (χ0) is 26.1. The van der Waals surface area contributed by atoms with Crippen LogP contribution < -0.4 is 4.74 Å². The van der Waals surface area contributed by atoms with Gasteiger partial charge in [-0.15, -0.1) is 0 Å². The van der Waals surface area contributed by atoms with Crippen molar-refractivity contribution >= 4 is 22.9 Å². The fourth-order valence-corrected chi connectivity index (χ4v) is 3.56. The van der Waals surface area contributed by atoms with E-state index in [4.69, 9.17) is 23.7 Å². The minimum atomic E-state index is -1.64. The van der Waals surface area contributed by atoms with Gasteiger partial charge in [-0.2, -0.15) is 0 Å². The summed E-state index contributed by atoms with van der Waals surface area (Å²) in [6.45, 7) is -0.564. The monoisotopic (exact) mass is 505 g/mol. The van der Waals surface area contributed by atoms with Gasteiger partial charge < -0.3 is 50.0 Å². The van der Waals surface area contributed by atoms with E-state index in [0.29, 0.717) is 0 Å². The van der Waals surface area contributed by atoms with Crippen molar-refractivity contribution in [1.82, 2.24) is 0 Å². The second-order valence-electron chi connectivity index (χ2n) is 7.92. The minimum Gasteiger partial charge on any atom is -0.507 e. The maximum absolute atomic E-state index is 11.5. The molecule has 13 nitrogen and oxygen atoms in total. The highest BCUT2D eigenvalue weighted by molar-refractivity contribution is 5.90. The molecule has 1 aliphatic heterocycles. The number of carbonyl (C=O) groups is 2. The third kappa shape index (κ3) is 5.02. The molecule has 190 valence electrons. The zero-order valence-corrected chi connectivity index (χ0v) is 18.3. The van der Waals surface area contributed by atoms with Crippen molar-refractivity contribution in [3.63, 3.8) is 0 Å². The number of phenols is 4. The summed E-state index contributed by atoms with van der Waals surface area (Å²) in [5.41, 5.74) is 0.218. The van der Waals surface area contributed by atoms with Gasteiger partial charge in [0.05, 0.1) is 11.6 Å². The number of carboxylic acid groups (broad SMARTS) is 1. The lowest BCUT2D eigenvalue weighted by molar-refractivity contribution is -0.158. The zero-order valence-electron chi connectivity index (χ0n) is 18.3. The van der Waals surface area contributed by atoms with E-state index in [1.54, 1.807) is 0 Å². The summed E-state index contributed by atoms with van der Waals surface area (Å²) < 4.78 is 21.7. The predicted octanol–water partition coefficient (Wildman–Crippen LogP) is 1.05. The van der Waals surface area contributed by atoms with E-state index in [9.17, 15) is 40.2 Å². The lowest BCUT2D eigenvalue weighted by Crippen LogP contribution is -2.36. The van der Waals surface area contributed by atoms with Gasteiger partial charge in [0.25, 0.3) is 0 Å². The Balaban J connectivity index is 1.66. The van der Waals surface area contributed by atoms with E-state index in [2.05, 4.69) is 0 Å². The lowest BCUT2D eigenvalue weighted by atomic mass is 10.1. The number of carboxylic acids is 1. The van der Waals surface area contributed by atoms with E-state index in [1.807, 2.05) is 0 Å². The first-order valence-corrected chi connectivity index (χ1v) is 10.4. The summed E-state index contributed by atoms with van der Waals surface area (Å²) in [6, 6.07) is 7.28. The highest BCUT2D eigenvalue weighted by Crippen LogP contribution is 2.42. The average Bonchev–Trinajstić information content (AvgIpc) is 3.07. The highest BCUT2D eigenvalue weighted by atomic mass is 16.7. The molecule has 13 heteroatoms. The van der Waals surface area contributed by atoms with Crippen LogP contribution in [0.3, 0.4) is 0 Å². The Morgan fingerprint density at radius 3 is 2.39 bits per heavy atom. The molecule has 36 heavy (non-hydrogen) atoms. The molecular weight excluding hydrogens is 484 g/mol. The van der Waals surface area contributed by atoms with Crippen LogP contribution in [0.2, 0.25) is 0 Å². The SMILES string of the molecule is O=C(O)CC(=O)OC[C@H]1O[C@@H](Oc2cc3c(O)cc(O)cc3[o+]c2-c2ccc(O)c(O)c2)[C@@H](O)[C@@H]1O. The number of hydrogen-bond acceptors (Lipinski definition) is 11. The number of aromatic hydroxyl groups is 4. The topological polar surface area (TPSA) is 215 Å². The van der Waals surface area contributed by atoms with E-state index >= 15 is 0 Å². The summed E-state index contributed by atoms with van der Waals surface area (Å²) in [6.07, 6.45) is -6.90. The van der Waals surface area contributed by atoms with E-state index < -0.39 is 61.1 Å². The molecule has 1 aliphatic rings. The van der Waals surface area contributed by atoms with Gasteiger partial charge in [-0.3, -0.25) is 9.59 Å². The van der Waals surface area contributed by atoms with Crippen LogP contribution in [0.25, 0.3) is 22.3 Å². The van der Waals surface area contributed by atoms with Crippen molar-refractivity contribution in [2.75, 3.05) is 6.61 Å². The van der Waals surface area contributed by atoms with Gasteiger partial charge >= 0.3 is 23.3 Å². The van der Waals surface area contributed by atoms with Crippen LogP contribution in [0.4, 0.5) is 0 Å². The summed E-state index contributed by atoms with van der Waals surface area (Å²) in [5.74, 6) is -4.22. The van der Waals surface area contributed by atoms with Crippen LogP contribution in [0, 0.1) is 0 Å². The molecule has 0 saturated carbocycles. The Bertz CT molecular complexity index is 1320. The first-order valence-electron chi connectivity index (χ1n) is 10.4. The van der Waals surface area contributed by atoms with Gasteiger partial charge in [-0.05, 0) is 12.1 Å². The number of benzene rings is 2. The Morgan fingerprint density at radius 2 is 1.69 bits per heavy atom. The maximum atomic E-state index is 11.5. The molecule has 2 aromatic carbocycles. The molecule has 0 unspecified atom stereocenters. The molecule has 1 fully saturated rings. The summed E-state index contributed by atoms with van der Waals surface area (Å²) in [5, 5.41) is 69.0. The van der Waals surface area contributed by atoms with Crippen molar-refractivity contribution in [2.45, 2.75) is 31.0 Å². The van der Waals surface area contributed by atoms with Gasteiger partial charge in [0.1, 0.15) is 48.2 Å². The van der Waals surface area contributed by atoms with Gasteiger partial charge in [-0.1, -0.05) is 0 Å². The van der Waals surface area contributed by atoms with Crippen LogP contribution in [0.5, 0.6) is 28.7 Å². The number of aliphatic carboxylic acids is 1. The number of carbonyl (C=O) groups excluding carboxylic acids is 1. The minimum absolute atomic E-state index is 0.0264. The Morgan fingerprint density at radius 1 is 0.944 bits per heavy atom. The molecule has 4 rings (SSSR count). The first kappa shape index (κ1) is 24.8. The van der Waals surface area contributed by atoms with Crippen LogP contribution in [0.1, 0.15) is 6.42 Å². The summed E-state index contributed by atoms with van der Waals surface area (Å²) in [7, 11) is 0. The molecule has 7 N–H and O–H groups in total. The van der Waals surface area contributed by atoms with E-state index in [0.717, 1.165) is 12.1 Å². The van der Waals surface area contributed by atoms with Crippen molar-refractivity contribution < 1.29 is 64.0 Å². The second-order valence-corrected chi connectivity index (χ2v) is 7.92. The maximum Gasteiger partial charge on any atom is 0.402 e. The second kappa shape index (κ2) is 9.73. The Kier molecular flexibility index (Phi) is 6.70. The van der Waals surface area contributed by atoms with Gasteiger partial charge in [0.2, 0.25) is 12.0 Å². The molecular formula is C23H21O13+. The molecule has 0 aliphatic carbocycles. The molecule has 0 amide bonds. The molecule has 3 aromatic rings. The third-order valence-electron chi connectivity index (χ3n) is 5.32. The molecule has 4 atom stereocenters. The number of aliphatic hydroxyl groups excluding tert-OH is 2. The smallest absolute Gasteiger partial charge is 0.402 e. The number of esters is 1. The van der Waals surface area contributed by atoms with Crippen molar-refractivity contribution in [3.8, 4) is 40.1 Å². The van der Waals surface area contributed by atoms with Gasteiger partial charge in [-0.25, -0.2) is 4.42 Å². The number of rotatable bonds is 7. The molecule has 1 aromatic heterocycles. The van der Waals surface area contributed by atoms with Crippen molar-refractivity contribution in [1.29, 1.82) is 0 Å². The number of hydrogen-bond donors (Lipinski definition) is 7. The van der Waals surface area contributed by atoms with Crippen LogP contribution in [0.15, 0.2) is 40.8 Å². The lowest BCUT2D eigenvalue weighted by Gasteiger charge is -2.16. The van der Waals surface area contributed by atoms with Gasteiger partial charge in [0.15, 0.2) is 11.5 Å². The summed E-state index contributed by atoms with van der Waals surface area (Å²) >= 11 is 0. The fraction of sp³-hybridized carbons (Fsp3) is 0.261. The normalized spacial score (nSPS) is 21.4. The quantitative estimate of drug-likeness (QED) is 0.104. The standard InChI is InChI=1S/C23H20O13/c24-10-4-13(26)11-6-16(22(34-15(11)5-10)9-1-2-12(25)14(27)3-9)35-23-21(32)20(31)17(36-23)8-33-19(30)7-18(28)29/h1-6,17,20-21,23,31-32H,7-8H2,(H4-,24,25,26,27,28,29)/p+1/t17-,20-,21+,23-/m1/s1. The average molecular weight is 505 g/mol. The van der Waals surface area contributed by atoms with Crippen molar-refractivity contribution in [2.24, 2.45) is 0 Å². The van der Waals surface area contributed by atoms with Crippen molar-refractivity contribution in [3.05, 3.63) is 36.4 Å². The molecule has 2 heterocycles. The van der Waals surface area contributed by atoms with Crippen LogP contribution in [-0.4, -0.2) is 78.9 Å². The van der Waals surface area contributed by atoms with E-state index in [-0.39, 0.29) is 39.5 Å². The highest BCUT2D eigenvalue weighted by Gasteiger charge is 2.46. The Hall–Kier alpha value is -4.33. The molecule has 0 spiro atoms. The largest absolute Gasteiger partial charge is 0.507 e. The number of fused-ring (bicyclic) bond motifs is 1. The Labute approximate surface area is 201 Å². The van der Waals surface area contributed by atoms with Gasteiger partial charge in [0, 0.05) is 18.2 Å². The van der Waals surface area contributed by atoms with Crippen LogP contribution in [-0.2, 0) is 19.1 Å². The fourth-order valence-electron chi connectivity index (χ4n) is 3.56. The van der Waals surface area contributed by atoms with E-state index in [1.165, 1.54) is 24.3 Å². The first-order chi connectivity index (χ1) is 17.0. The number of phenolic OH excluding ortho intramolecular Hbond substituents is 4. The molecule has 0 radical (unpaired) electrons. The van der Waals surface area contributed by atoms with Crippen LogP contribution >= 0.6 is 0 Å².